The monoisotopic (exact) mass is 578 g/mol. The highest BCUT2D eigenvalue weighted by Gasteiger charge is 2.16. The van der Waals surface area contributed by atoms with Crippen molar-refractivity contribution < 1.29 is 4.79 Å². The predicted octanol–water partition coefficient (Wildman–Crippen LogP) is 8.32. The number of aromatic nitrogens is 2. The number of carbonyl (C=O) groups is 1. The fourth-order valence-corrected chi connectivity index (χ4v) is 5.81. The Kier molecular flexibility index (Phi) is 7.12. The summed E-state index contributed by atoms with van der Waals surface area (Å²) in [6.45, 7) is 2.12. The second kappa shape index (κ2) is 9.83. The number of fused-ring (bicyclic) bond motifs is 1. The lowest BCUT2D eigenvalue weighted by Crippen LogP contribution is -1.96. The maximum atomic E-state index is 11.2. The van der Waals surface area contributed by atoms with Gasteiger partial charge in [-0.1, -0.05) is 66.5 Å². The van der Waals surface area contributed by atoms with E-state index in [9.17, 15) is 4.79 Å². The molecule has 1 heterocycles. The number of nitrogens with zero attached hydrogens (tertiary/aromatic N) is 2. The Morgan fingerprint density at radius 3 is 2.45 bits per heavy atom. The molecule has 0 radical (unpaired) electrons. The third kappa shape index (κ3) is 4.58. The molecule has 0 saturated carbocycles. The van der Waals surface area contributed by atoms with Gasteiger partial charge in [0.25, 0.3) is 0 Å². The van der Waals surface area contributed by atoms with Gasteiger partial charge >= 0.3 is 0 Å². The van der Waals surface area contributed by atoms with Crippen LogP contribution in [0.5, 0.6) is 0 Å². The number of allylic oxidation sites excluding steroid dienone is 1. The average Bonchev–Trinajstić information content (AvgIpc) is 3.20. The molecule has 0 aliphatic heterocycles. The van der Waals surface area contributed by atoms with Crippen molar-refractivity contribution >= 4 is 80.0 Å². The largest absolute Gasteiger partial charge is 0.298 e. The molecule has 0 amide bonds. The van der Waals surface area contributed by atoms with Crippen molar-refractivity contribution in [2.75, 3.05) is 0 Å². The highest BCUT2D eigenvalue weighted by molar-refractivity contribution is 14.2. The average molecular weight is 579 g/mol. The second-order valence-electron chi connectivity index (χ2n) is 6.99. The van der Waals surface area contributed by atoms with Crippen LogP contribution in [-0.2, 0) is 0 Å². The summed E-state index contributed by atoms with van der Waals surface area (Å²) in [5, 5.41) is 6.80. The van der Waals surface area contributed by atoms with E-state index in [4.69, 9.17) is 23.2 Å². The van der Waals surface area contributed by atoms with Gasteiger partial charge in [-0.25, -0.2) is 4.45 Å². The summed E-state index contributed by atoms with van der Waals surface area (Å²) in [4.78, 5) is 11.2. The maximum Gasteiger partial charge on any atom is 0.150 e. The van der Waals surface area contributed by atoms with Gasteiger partial charge in [0, 0.05) is 21.0 Å². The van der Waals surface area contributed by atoms with Gasteiger partial charge in [0.05, 0.1) is 18.1 Å². The Labute approximate surface area is 205 Å². The maximum absolute atomic E-state index is 11.2. The molecule has 0 bridgehead atoms. The van der Waals surface area contributed by atoms with Crippen molar-refractivity contribution in [3.8, 4) is 0 Å². The molecular weight excluding hydrogens is 561 g/mol. The molecule has 0 aliphatic rings. The Morgan fingerprint density at radius 1 is 1.06 bits per heavy atom. The molecular formula is C24H18Cl2IN2OP. The molecule has 0 fully saturated rings. The van der Waals surface area contributed by atoms with Crippen LogP contribution in [0, 0.1) is 0 Å². The number of carbonyl (C=O) groups excluding carboxylic acids is 1. The molecule has 4 aromatic rings. The minimum Gasteiger partial charge on any atom is -0.298 e. The molecule has 3 nitrogen and oxygen atoms in total. The SMILES string of the molecule is CC/C(=C(/c1ccc(C=O)cc1)c1ccc2c(cnn2PI)c1)c1ccc(Cl)cc1Cl. The minimum absolute atomic E-state index is 0.541. The van der Waals surface area contributed by atoms with Crippen LogP contribution in [0.1, 0.15) is 40.4 Å². The molecule has 1 atom stereocenters. The molecule has 0 saturated heterocycles. The Hall–Kier alpha value is -1.72. The number of halogens is 3. The first-order chi connectivity index (χ1) is 15.0. The number of aldehydes is 1. The number of hydrogen-bond donors (Lipinski definition) is 0. The van der Waals surface area contributed by atoms with Gasteiger partial charge in [-0.15, -0.1) is 0 Å². The normalized spacial score (nSPS) is 12.5. The first-order valence-corrected chi connectivity index (χ1v) is 14.5. The van der Waals surface area contributed by atoms with Gasteiger partial charge in [0.2, 0.25) is 0 Å². The van der Waals surface area contributed by atoms with E-state index in [1.54, 1.807) is 6.07 Å². The van der Waals surface area contributed by atoms with Crippen LogP contribution in [0.15, 0.2) is 66.9 Å². The van der Waals surface area contributed by atoms with E-state index in [1.165, 1.54) is 0 Å². The zero-order chi connectivity index (χ0) is 22.0. The number of benzene rings is 3. The molecule has 1 unspecified atom stereocenters. The van der Waals surface area contributed by atoms with E-state index in [0.717, 1.165) is 51.4 Å². The van der Waals surface area contributed by atoms with Crippen molar-refractivity contribution in [2.45, 2.75) is 13.3 Å². The van der Waals surface area contributed by atoms with Crippen LogP contribution in [-0.4, -0.2) is 15.8 Å². The molecule has 0 N–H and O–H groups in total. The first kappa shape index (κ1) is 22.5. The van der Waals surface area contributed by atoms with Gasteiger partial charge in [-0.3, -0.25) is 4.79 Å². The van der Waals surface area contributed by atoms with E-state index < -0.39 is 0 Å². The lowest BCUT2D eigenvalue weighted by molar-refractivity contribution is 0.112. The van der Waals surface area contributed by atoms with Crippen molar-refractivity contribution in [1.29, 1.82) is 0 Å². The Morgan fingerprint density at radius 2 is 1.81 bits per heavy atom. The second-order valence-corrected chi connectivity index (χ2v) is 9.87. The van der Waals surface area contributed by atoms with Gasteiger partial charge in [0.15, 0.2) is 0 Å². The molecule has 0 spiro atoms. The number of hydrogen-bond acceptors (Lipinski definition) is 2. The molecule has 3 aromatic carbocycles. The van der Waals surface area contributed by atoms with Gasteiger partial charge in [0.1, 0.15) is 6.29 Å². The topological polar surface area (TPSA) is 34.9 Å². The van der Waals surface area contributed by atoms with Crippen LogP contribution >= 0.6 is 51.6 Å². The summed E-state index contributed by atoms with van der Waals surface area (Å²) in [5.74, 6) is 0. The standard InChI is InChI=1S/C24H18Cl2IN2OP/c1-2-20(21-9-8-19(25)12-22(21)26)24(16-5-3-15(14-30)4-6-16)17-7-10-23-18(11-17)13-28-29(23)31-27/h3-14,31H,2H2,1H3/b24-20+. The predicted molar refractivity (Wildman–Crippen MR) is 142 cm³/mol. The van der Waals surface area contributed by atoms with Crippen molar-refractivity contribution in [1.82, 2.24) is 9.55 Å². The Balaban J connectivity index is 2.00. The zero-order valence-electron chi connectivity index (χ0n) is 16.6. The summed E-state index contributed by atoms with van der Waals surface area (Å²) in [7, 11) is 0. The summed E-state index contributed by atoms with van der Waals surface area (Å²) < 4.78 is 2.00. The van der Waals surface area contributed by atoms with Crippen LogP contribution in [0.2, 0.25) is 10.0 Å². The van der Waals surface area contributed by atoms with E-state index in [2.05, 4.69) is 52.3 Å². The molecule has 0 aliphatic carbocycles. The molecule has 31 heavy (non-hydrogen) atoms. The van der Waals surface area contributed by atoms with Crippen molar-refractivity contribution in [3.63, 3.8) is 0 Å². The summed E-state index contributed by atoms with van der Waals surface area (Å²) in [6, 6.07) is 19.7. The lowest BCUT2D eigenvalue weighted by atomic mass is 9.87. The minimum atomic E-state index is 0.541. The van der Waals surface area contributed by atoms with E-state index >= 15 is 0 Å². The van der Waals surface area contributed by atoms with Gasteiger partial charge in [-0.05, 0) is 80.6 Å². The van der Waals surface area contributed by atoms with Gasteiger partial charge in [-0.2, -0.15) is 5.10 Å². The third-order valence-electron chi connectivity index (χ3n) is 5.18. The highest BCUT2D eigenvalue weighted by Crippen LogP contribution is 2.39. The van der Waals surface area contributed by atoms with E-state index in [0.29, 0.717) is 22.0 Å². The van der Waals surface area contributed by atoms with Crippen molar-refractivity contribution in [2.24, 2.45) is 0 Å². The number of rotatable bonds is 6. The van der Waals surface area contributed by atoms with Crippen molar-refractivity contribution in [3.05, 3.63) is 99.2 Å². The molecule has 7 heteroatoms. The zero-order valence-corrected chi connectivity index (χ0v) is 21.2. The Bertz CT molecular complexity index is 1300. The summed E-state index contributed by atoms with van der Waals surface area (Å²) in [6.07, 6.45) is 4.08. The smallest absolute Gasteiger partial charge is 0.150 e. The quantitative estimate of drug-likeness (QED) is 0.0997. The molecule has 4 rings (SSSR count). The summed E-state index contributed by atoms with van der Waals surface area (Å²) in [5.41, 5.74) is 6.99. The first-order valence-electron chi connectivity index (χ1n) is 9.64. The fraction of sp³-hybridized carbons (Fsp3) is 0.0833. The van der Waals surface area contributed by atoms with E-state index in [-0.39, 0.29) is 0 Å². The summed E-state index contributed by atoms with van der Waals surface area (Å²) >= 11 is 15.1. The van der Waals surface area contributed by atoms with Crippen LogP contribution < -0.4 is 0 Å². The van der Waals surface area contributed by atoms with Crippen LogP contribution in [0.4, 0.5) is 0 Å². The molecule has 156 valence electrons. The fourth-order valence-electron chi connectivity index (χ4n) is 3.74. The molecule has 1 aromatic heterocycles. The third-order valence-corrected chi connectivity index (χ3v) is 7.62. The highest BCUT2D eigenvalue weighted by atomic mass is 127. The van der Waals surface area contributed by atoms with Crippen LogP contribution in [0.25, 0.3) is 22.0 Å². The van der Waals surface area contributed by atoms with Crippen LogP contribution in [0.3, 0.4) is 0 Å². The lowest BCUT2D eigenvalue weighted by Gasteiger charge is -2.18. The van der Waals surface area contributed by atoms with E-state index in [1.807, 2.05) is 47.0 Å². The van der Waals surface area contributed by atoms with Gasteiger partial charge < -0.3 is 0 Å².